The van der Waals surface area contributed by atoms with Crippen LogP contribution >= 0.6 is 0 Å². The Morgan fingerprint density at radius 1 is 1.15 bits per heavy atom. The van der Waals surface area contributed by atoms with Crippen molar-refractivity contribution < 1.29 is 0 Å². The van der Waals surface area contributed by atoms with Gasteiger partial charge in [0.15, 0.2) is 0 Å². The van der Waals surface area contributed by atoms with Gasteiger partial charge in [-0.05, 0) is 32.4 Å². The minimum atomic E-state index is 0.601. The number of rotatable bonds is 3. The Kier molecular flexibility index (Phi) is 3.49. The van der Waals surface area contributed by atoms with Crippen molar-refractivity contribution in [3.8, 4) is 0 Å². The van der Waals surface area contributed by atoms with Crippen LogP contribution in [0.3, 0.4) is 0 Å². The molecule has 0 amide bonds. The van der Waals surface area contributed by atoms with Gasteiger partial charge in [0.1, 0.15) is 0 Å². The highest BCUT2D eigenvalue weighted by molar-refractivity contribution is 5.30. The summed E-state index contributed by atoms with van der Waals surface area (Å²) in [5.41, 5.74) is 4.16. The van der Waals surface area contributed by atoms with Crippen molar-refractivity contribution in [2.75, 3.05) is 13.6 Å². The van der Waals surface area contributed by atoms with Crippen LogP contribution in [0.5, 0.6) is 0 Å². The Morgan fingerprint density at radius 3 is 2.15 bits per heavy atom. The molecule has 1 heteroatoms. The maximum absolute atomic E-state index is 3.20. The molecule has 0 spiro atoms. The van der Waals surface area contributed by atoms with Gasteiger partial charge in [-0.1, -0.05) is 36.2 Å². The summed E-state index contributed by atoms with van der Waals surface area (Å²) in [6.45, 7) is 7.61. The van der Waals surface area contributed by atoms with E-state index in [1.807, 2.05) is 7.05 Å². The van der Waals surface area contributed by atoms with Crippen molar-refractivity contribution in [1.82, 2.24) is 5.32 Å². The highest BCUT2D eigenvalue weighted by Crippen LogP contribution is 2.17. The van der Waals surface area contributed by atoms with Crippen molar-refractivity contribution >= 4 is 0 Å². The second-order valence-corrected chi connectivity index (χ2v) is 3.88. The zero-order chi connectivity index (χ0) is 9.84. The number of nitrogens with one attached hydrogen (secondary N) is 1. The average molecular weight is 177 g/mol. The number of hydrogen-bond acceptors (Lipinski definition) is 1. The molecular formula is C12H19N. The first-order chi connectivity index (χ1) is 6.13. The standard InChI is InChI=1S/C12H19N/c1-9-5-10(2)7-12(6-9)11(3)8-13-4/h5-7,11,13H,8H2,1-4H3. The minimum Gasteiger partial charge on any atom is -0.319 e. The zero-order valence-corrected chi connectivity index (χ0v) is 9.02. The molecule has 72 valence electrons. The third kappa shape index (κ3) is 2.85. The predicted molar refractivity (Wildman–Crippen MR) is 58.3 cm³/mol. The summed E-state index contributed by atoms with van der Waals surface area (Å²) in [6, 6.07) is 6.76. The predicted octanol–water partition coefficient (Wildman–Crippen LogP) is 2.63. The summed E-state index contributed by atoms with van der Waals surface area (Å²) in [7, 11) is 2.00. The fourth-order valence-corrected chi connectivity index (χ4v) is 1.72. The Balaban J connectivity index is 2.87. The van der Waals surface area contributed by atoms with E-state index >= 15 is 0 Å². The fourth-order valence-electron chi connectivity index (χ4n) is 1.72. The van der Waals surface area contributed by atoms with E-state index in [0.29, 0.717) is 5.92 Å². The van der Waals surface area contributed by atoms with Gasteiger partial charge in [-0.2, -0.15) is 0 Å². The quantitative estimate of drug-likeness (QED) is 0.748. The molecule has 1 N–H and O–H groups in total. The van der Waals surface area contributed by atoms with Crippen LogP contribution in [0, 0.1) is 13.8 Å². The molecule has 0 saturated carbocycles. The van der Waals surface area contributed by atoms with Gasteiger partial charge in [-0.3, -0.25) is 0 Å². The van der Waals surface area contributed by atoms with Gasteiger partial charge in [0.05, 0.1) is 0 Å². The Bertz CT molecular complexity index is 258. The van der Waals surface area contributed by atoms with Gasteiger partial charge in [-0.15, -0.1) is 0 Å². The molecule has 0 aliphatic heterocycles. The molecule has 0 radical (unpaired) electrons. The largest absolute Gasteiger partial charge is 0.319 e. The van der Waals surface area contributed by atoms with E-state index in [-0.39, 0.29) is 0 Å². The minimum absolute atomic E-state index is 0.601. The van der Waals surface area contributed by atoms with Gasteiger partial charge in [0, 0.05) is 6.54 Å². The summed E-state index contributed by atoms with van der Waals surface area (Å²) in [5, 5.41) is 3.20. The molecule has 1 atom stereocenters. The van der Waals surface area contributed by atoms with Gasteiger partial charge in [0.25, 0.3) is 0 Å². The lowest BCUT2D eigenvalue weighted by Crippen LogP contribution is -2.14. The molecule has 0 bridgehead atoms. The summed E-state index contributed by atoms with van der Waals surface area (Å²) >= 11 is 0. The summed E-state index contributed by atoms with van der Waals surface area (Å²) in [6.07, 6.45) is 0. The molecule has 0 aromatic heterocycles. The van der Waals surface area contributed by atoms with E-state index in [1.165, 1.54) is 16.7 Å². The maximum atomic E-state index is 3.20. The van der Waals surface area contributed by atoms with Crippen molar-refractivity contribution in [3.05, 3.63) is 34.9 Å². The first-order valence-corrected chi connectivity index (χ1v) is 4.86. The molecule has 1 nitrogen and oxygen atoms in total. The second kappa shape index (κ2) is 4.43. The number of likely N-dealkylation sites (N-methyl/N-ethyl adjacent to an activating group) is 1. The van der Waals surface area contributed by atoms with Gasteiger partial charge in [-0.25, -0.2) is 0 Å². The number of hydrogen-bond donors (Lipinski definition) is 1. The van der Waals surface area contributed by atoms with Crippen molar-refractivity contribution in [3.63, 3.8) is 0 Å². The third-order valence-corrected chi connectivity index (χ3v) is 2.32. The zero-order valence-electron chi connectivity index (χ0n) is 9.02. The molecule has 0 aliphatic carbocycles. The van der Waals surface area contributed by atoms with E-state index in [4.69, 9.17) is 0 Å². The molecule has 0 fully saturated rings. The van der Waals surface area contributed by atoms with E-state index in [9.17, 15) is 0 Å². The fraction of sp³-hybridized carbons (Fsp3) is 0.500. The Labute approximate surface area is 81.2 Å². The lowest BCUT2D eigenvalue weighted by molar-refractivity contribution is 0.677. The molecule has 1 aromatic carbocycles. The highest BCUT2D eigenvalue weighted by Gasteiger charge is 2.04. The first-order valence-electron chi connectivity index (χ1n) is 4.86. The van der Waals surface area contributed by atoms with Crippen LogP contribution in [0.2, 0.25) is 0 Å². The van der Waals surface area contributed by atoms with E-state index in [2.05, 4.69) is 44.3 Å². The van der Waals surface area contributed by atoms with E-state index < -0.39 is 0 Å². The molecule has 1 aromatic rings. The topological polar surface area (TPSA) is 12.0 Å². The van der Waals surface area contributed by atoms with Crippen LogP contribution < -0.4 is 5.32 Å². The van der Waals surface area contributed by atoms with Crippen LogP contribution in [-0.2, 0) is 0 Å². The van der Waals surface area contributed by atoms with Crippen LogP contribution in [0.4, 0.5) is 0 Å². The Hall–Kier alpha value is -0.820. The normalized spacial score (nSPS) is 12.9. The van der Waals surface area contributed by atoms with Crippen molar-refractivity contribution in [2.45, 2.75) is 26.7 Å². The summed E-state index contributed by atoms with van der Waals surface area (Å²) in [5.74, 6) is 0.601. The lowest BCUT2D eigenvalue weighted by atomic mass is 9.97. The highest BCUT2D eigenvalue weighted by atomic mass is 14.8. The monoisotopic (exact) mass is 177 g/mol. The molecule has 0 saturated heterocycles. The van der Waals surface area contributed by atoms with Gasteiger partial charge in [0.2, 0.25) is 0 Å². The summed E-state index contributed by atoms with van der Waals surface area (Å²) < 4.78 is 0. The first kappa shape index (κ1) is 10.3. The maximum Gasteiger partial charge on any atom is 0.00144 e. The SMILES string of the molecule is CNCC(C)c1cc(C)cc(C)c1. The molecule has 1 unspecified atom stereocenters. The molecule has 0 heterocycles. The van der Waals surface area contributed by atoms with Crippen LogP contribution in [-0.4, -0.2) is 13.6 Å². The third-order valence-electron chi connectivity index (χ3n) is 2.32. The average Bonchev–Trinajstić information content (AvgIpc) is 2.03. The van der Waals surface area contributed by atoms with Crippen molar-refractivity contribution in [2.24, 2.45) is 0 Å². The molecule has 0 aliphatic rings. The molecule has 13 heavy (non-hydrogen) atoms. The number of aryl methyl sites for hydroxylation is 2. The lowest BCUT2D eigenvalue weighted by Gasteiger charge is -2.12. The van der Waals surface area contributed by atoms with Crippen LogP contribution in [0.15, 0.2) is 18.2 Å². The van der Waals surface area contributed by atoms with Crippen molar-refractivity contribution in [1.29, 1.82) is 0 Å². The van der Waals surface area contributed by atoms with Gasteiger partial charge < -0.3 is 5.32 Å². The van der Waals surface area contributed by atoms with E-state index in [0.717, 1.165) is 6.54 Å². The molecular weight excluding hydrogens is 158 g/mol. The second-order valence-electron chi connectivity index (χ2n) is 3.88. The number of benzene rings is 1. The Morgan fingerprint density at radius 2 is 1.69 bits per heavy atom. The summed E-state index contributed by atoms with van der Waals surface area (Å²) in [4.78, 5) is 0. The van der Waals surface area contributed by atoms with Gasteiger partial charge >= 0.3 is 0 Å². The smallest absolute Gasteiger partial charge is 0.00144 e. The molecule has 1 rings (SSSR count). The van der Waals surface area contributed by atoms with Crippen LogP contribution in [0.25, 0.3) is 0 Å². The van der Waals surface area contributed by atoms with E-state index in [1.54, 1.807) is 0 Å². The van der Waals surface area contributed by atoms with Crippen LogP contribution in [0.1, 0.15) is 29.5 Å².